The average molecular weight is 351 g/mol. The molecular weight excluding hydrogens is 326 g/mol. The van der Waals surface area contributed by atoms with Gasteiger partial charge in [-0.15, -0.1) is 0 Å². The van der Waals surface area contributed by atoms with E-state index in [4.69, 9.17) is 0 Å². The smallest absolute Gasteiger partial charge is 0.246 e. The lowest BCUT2D eigenvalue weighted by Crippen LogP contribution is -2.54. The maximum absolute atomic E-state index is 12.9. The number of hydrogen-bond donors (Lipinski definition) is 3. The fourth-order valence-electron chi connectivity index (χ4n) is 3.42. The standard InChI is InChI=1S/C21H25N3O2/c25-19(23-17-10-4-1-5-11-17)16-22-20(26)21(14-8-3-9-15-21)24-18-12-6-2-7-13-18/h1-2,4-7,10-13,24H,3,8-9,14-16H2,(H,22,26)(H,23,25). The van der Waals surface area contributed by atoms with Crippen molar-refractivity contribution in [2.45, 2.75) is 37.6 Å². The molecule has 1 saturated carbocycles. The largest absolute Gasteiger partial charge is 0.371 e. The molecule has 1 fully saturated rings. The van der Waals surface area contributed by atoms with E-state index in [0.717, 1.165) is 43.5 Å². The Morgan fingerprint density at radius 1 is 0.808 bits per heavy atom. The van der Waals surface area contributed by atoms with Gasteiger partial charge in [-0.25, -0.2) is 0 Å². The second kappa shape index (κ2) is 8.52. The van der Waals surface area contributed by atoms with Crippen LogP contribution in [0.4, 0.5) is 11.4 Å². The molecule has 0 radical (unpaired) electrons. The molecular formula is C21H25N3O2. The van der Waals surface area contributed by atoms with Crippen LogP contribution in [-0.2, 0) is 9.59 Å². The normalized spacial score (nSPS) is 15.7. The summed E-state index contributed by atoms with van der Waals surface area (Å²) in [4.78, 5) is 25.0. The highest BCUT2D eigenvalue weighted by molar-refractivity contribution is 5.97. The molecule has 0 atom stereocenters. The minimum atomic E-state index is -0.646. The van der Waals surface area contributed by atoms with Crippen LogP contribution in [-0.4, -0.2) is 23.9 Å². The first-order valence-corrected chi connectivity index (χ1v) is 9.14. The molecule has 3 rings (SSSR count). The van der Waals surface area contributed by atoms with E-state index >= 15 is 0 Å². The first kappa shape index (κ1) is 18.0. The summed E-state index contributed by atoms with van der Waals surface area (Å²) < 4.78 is 0. The highest BCUT2D eigenvalue weighted by atomic mass is 16.2. The van der Waals surface area contributed by atoms with Crippen molar-refractivity contribution in [3.63, 3.8) is 0 Å². The fourth-order valence-corrected chi connectivity index (χ4v) is 3.42. The second-order valence-electron chi connectivity index (χ2n) is 6.73. The zero-order chi connectivity index (χ0) is 18.2. The molecule has 1 aliphatic carbocycles. The summed E-state index contributed by atoms with van der Waals surface area (Å²) >= 11 is 0. The molecule has 0 spiro atoms. The van der Waals surface area contributed by atoms with Crippen molar-refractivity contribution in [1.82, 2.24) is 5.32 Å². The van der Waals surface area contributed by atoms with Crippen LogP contribution in [0.1, 0.15) is 32.1 Å². The number of para-hydroxylation sites is 2. The van der Waals surface area contributed by atoms with Crippen LogP contribution in [0.5, 0.6) is 0 Å². The van der Waals surface area contributed by atoms with Crippen LogP contribution < -0.4 is 16.0 Å². The van der Waals surface area contributed by atoms with Crippen LogP contribution in [0.3, 0.4) is 0 Å². The lowest BCUT2D eigenvalue weighted by molar-refractivity contribution is -0.128. The minimum absolute atomic E-state index is 0.0358. The third-order valence-electron chi connectivity index (χ3n) is 4.77. The summed E-state index contributed by atoms with van der Waals surface area (Å²) in [6, 6.07) is 19.0. The molecule has 2 aromatic carbocycles. The Morgan fingerprint density at radius 3 is 2.00 bits per heavy atom. The molecule has 136 valence electrons. The molecule has 26 heavy (non-hydrogen) atoms. The Hall–Kier alpha value is -2.82. The number of hydrogen-bond acceptors (Lipinski definition) is 3. The first-order valence-electron chi connectivity index (χ1n) is 9.14. The summed E-state index contributed by atoms with van der Waals surface area (Å²) in [6.07, 6.45) is 4.69. The van der Waals surface area contributed by atoms with Gasteiger partial charge in [0.15, 0.2) is 0 Å². The molecule has 0 saturated heterocycles. The number of carbonyl (C=O) groups excluding carboxylic acids is 2. The van der Waals surface area contributed by atoms with E-state index in [2.05, 4.69) is 16.0 Å². The lowest BCUT2D eigenvalue weighted by atomic mass is 9.80. The fraction of sp³-hybridized carbons (Fsp3) is 0.333. The predicted molar refractivity (Wildman–Crippen MR) is 104 cm³/mol. The molecule has 0 bridgehead atoms. The van der Waals surface area contributed by atoms with Crippen molar-refractivity contribution in [3.8, 4) is 0 Å². The number of amides is 2. The minimum Gasteiger partial charge on any atom is -0.371 e. The molecule has 5 heteroatoms. The zero-order valence-corrected chi connectivity index (χ0v) is 14.8. The molecule has 2 amide bonds. The van der Waals surface area contributed by atoms with Crippen LogP contribution in [0.25, 0.3) is 0 Å². The Labute approximate surface area is 154 Å². The predicted octanol–water partition coefficient (Wildman–Crippen LogP) is 3.56. The third-order valence-corrected chi connectivity index (χ3v) is 4.77. The van der Waals surface area contributed by atoms with Crippen molar-refractivity contribution in [3.05, 3.63) is 60.7 Å². The lowest BCUT2D eigenvalue weighted by Gasteiger charge is -2.37. The van der Waals surface area contributed by atoms with Crippen LogP contribution in [0.15, 0.2) is 60.7 Å². The molecule has 0 aromatic heterocycles. The quantitative estimate of drug-likeness (QED) is 0.745. The van der Waals surface area contributed by atoms with Gasteiger partial charge in [0.25, 0.3) is 0 Å². The van der Waals surface area contributed by atoms with Crippen molar-refractivity contribution >= 4 is 23.2 Å². The van der Waals surface area contributed by atoms with Crippen molar-refractivity contribution in [2.24, 2.45) is 0 Å². The van der Waals surface area contributed by atoms with Crippen LogP contribution in [0, 0.1) is 0 Å². The van der Waals surface area contributed by atoms with E-state index in [-0.39, 0.29) is 18.4 Å². The molecule has 0 aliphatic heterocycles. The van der Waals surface area contributed by atoms with E-state index in [9.17, 15) is 9.59 Å². The number of rotatable bonds is 6. The van der Waals surface area contributed by atoms with Gasteiger partial charge in [-0.1, -0.05) is 55.7 Å². The third kappa shape index (κ3) is 4.63. The Balaban J connectivity index is 1.61. The Morgan fingerprint density at radius 2 is 1.38 bits per heavy atom. The molecule has 3 N–H and O–H groups in total. The van der Waals surface area contributed by atoms with E-state index in [1.807, 2.05) is 60.7 Å². The highest BCUT2D eigenvalue weighted by Crippen LogP contribution is 2.32. The van der Waals surface area contributed by atoms with E-state index in [1.165, 1.54) is 0 Å². The highest BCUT2D eigenvalue weighted by Gasteiger charge is 2.39. The maximum Gasteiger partial charge on any atom is 0.246 e. The first-order chi connectivity index (χ1) is 12.7. The van der Waals surface area contributed by atoms with E-state index in [1.54, 1.807) is 0 Å². The molecule has 0 unspecified atom stereocenters. The second-order valence-corrected chi connectivity index (χ2v) is 6.73. The molecule has 2 aromatic rings. The zero-order valence-electron chi connectivity index (χ0n) is 14.8. The maximum atomic E-state index is 12.9. The Kier molecular flexibility index (Phi) is 5.89. The summed E-state index contributed by atoms with van der Waals surface area (Å²) in [6.45, 7) is -0.0358. The summed E-state index contributed by atoms with van der Waals surface area (Å²) in [5.41, 5.74) is 1.01. The topological polar surface area (TPSA) is 70.2 Å². The summed E-state index contributed by atoms with van der Waals surface area (Å²) in [5.74, 6) is -0.334. The molecule has 0 heterocycles. The van der Waals surface area contributed by atoms with Crippen molar-refractivity contribution < 1.29 is 9.59 Å². The number of anilines is 2. The van der Waals surface area contributed by atoms with Gasteiger partial charge in [0, 0.05) is 11.4 Å². The van der Waals surface area contributed by atoms with Gasteiger partial charge in [-0.05, 0) is 37.1 Å². The van der Waals surface area contributed by atoms with Crippen LogP contribution in [0.2, 0.25) is 0 Å². The van der Waals surface area contributed by atoms with E-state index < -0.39 is 5.54 Å². The summed E-state index contributed by atoms with van der Waals surface area (Å²) in [7, 11) is 0. The Bertz CT molecular complexity index is 725. The number of carbonyl (C=O) groups is 2. The van der Waals surface area contributed by atoms with Gasteiger partial charge < -0.3 is 16.0 Å². The average Bonchev–Trinajstić information content (AvgIpc) is 2.68. The van der Waals surface area contributed by atoms with Gasteiger partial charge in [0.2, 0.25) is 11.8 Å². The summed E-state index contributed by atoms with van der Waals surface area (Å²) in [5, 5.41) is 9.03. The van der Waals surface area contributed by atoms with Crippen molar-refractivity contribution in [2.75, 3.05) is 17.2 Å². The van der Waals surface area contributed by atoms with Gasteiger partial charge in [0.05, 0.1) is 6.54 Å². The van der Waals surface area contributed by atoms with Crippen LogP contribution >= 0.6 is 0 Å². The van der Waals surface area contributed by atoms with Gasteiger partial charge >= 0.3 is 0 Å². The van der Waals surface area contributed by atoms with Gasteiger partial charge in [-0.2, -0.15) is 0 Å². The monoisotopic (exact) mass is 351 g/mol. The van der Waals surface area contributed by atoms with Gasteiger partial charge in [-0.3, -0.25) is 9.59 Å². The van der Waals surface area contributed by atoms with E-state index in [0.29, 0.717) is 0 Å². The number of benzene rings is 2. The molecule has 5 nitrogen and oxygen atoms in total. The molecule has 1 aliphatic rings. The SMILES string of the molecule is O=C(CNC(=O)C1(Nc2ccccc2)CCCCC1)Nc1ccccc1. The number of nitrogens with one attached hydrogen (secondary N) is 3. The van der Waals surface area contributed by atoms with Gasteiger partial charge in [0.1, 0.15) is 5.54 Å². The van der Waals surface area contributed by atoms with Crippen molar-refractivity contribution in [1.29, 1.82) is 0 Å².